The van der Waals surface area contributed by atoms with E-state index in [2.05, 4.69) is 10.3 Å². The third-order valence-corrected chi connectivity index (χ3v) is 3.58. The van der Waals surface area contributed by atoms with E-state index in [1.807, 2.05) is 7.05 Å². The number of hydrogen-bond acceptors (Lipinski definition) is 4. The Hall–Kier alpha value is -0.940. The molecule has 2 heterocycles. The third-order valence-electron chi connectivity index (χ3n) is 2.99. The van der Waals surface area contributed by atoms with Gasteiger partial charge in [-0.05, 0) is 31.8 Å². The molecule has 1 N–H and O–H groups in total. The van der Waals surface area contributed by atoms with Crippen molar-refractivity contribution in [1.82, 2.24) is 15.2 Å². The van der Waals surface area contributed by atoms with Gasteiger partial charge in [-0.2, -0.15) is 0 Å². The van der Waals surface area contributed by atoms with Gasteiger partial charge in [0.15, 0.2) is 0 Å². The second kappa shape index (κ2) is 5.41. The molecule has 0 aromatic carbocycles. The van der Waals surface area contributed by atoms with Crippen LogP contribution >= 0.6 is 11.3 Å². The fraction of sp³-hybridized carbons (Fsp3) is 0.636. The van der Waals surface area contributed by atoms with Crippen molar-refractivity contribution in [3.63, 3.8) is 0 Å². The first-order valence-corrected chi connectivity index (χ1v) is 6.56. The molecule has 0 aliphatic carbocycles. The molecule has 0 bridgehead atoms. The van der Waals surface area contributed by atoms with Crippen LogP contribution in [0.1, 0.15) is 23.3 Å². The number of piperidine rings is 1. The maximum atomic E-state index is 11.9. The van der Waals surface area contributed by atoms with Gasteiger partial charge in [0.05, 0.1) is 5.51 Å². The van der Waals surface area contributed by atoms with Gasteiger partial charge in [-0.15, -0.1) is 11.3 Å². The fourth-order valence-corrected chi connectivity index (χ4v) is 2.57. The number of thiazole rings is 1. The van der Waals surface area contributed by atoms with Gasteiger partial charge >= 0.3 is 0 Å². The Balaban J connectivity index is 1.87. The van der Waals surface area contributed by atoms with Crippen molar-refractivity contribution in [3.8, 4) is 0 Å². The molecule has 0 atom stereocenters. The van der Waals surface area contributed by atoms with Crippen LogP contribution in [0.4, 0.5) is 0 Å². The molecule has 0 radical (unpaired) electrons. The molecule has 5 heteroatoms. The summed E-state index contributed by atoms with van der Waals surface area (Å²) in [5.74, 6) is 0.675. The average molecular weight is 239 g/mol. The Morgan fingerprint density at radius 3 is 3.00 bits per heavy atom. The molecule has 1 saturated heterocycles. The van der Waals surface area contributed by atoms with E-state index in [9.17, 15) is 4.79 Å². The summed E-state index contributed by atoms with van der Waals surface area (Å²) in [4.78, 5) is 17.8. The highest BCUT2D eigenvalue weighted by Gasteiger charge is 2.19. The van der Waals surface area contributed by atoms with E-state index in [4.69, 9.17) is 0 Å². The van der Waals surface area contributed by atoms with Crippen molar-refractivity contribution < 1.29 is 4.79 Å². The molecule has 16 heavy (non-hydrogen) atoms. The van der Waals surface area contributed by atoms with Crippen molar-refractivity contribution in [2.45, 2.75) is 12.8 Å². The molecule has 0 spiro atoms. The lowest BCUT2D eigenvalue weighted by Gasteiger charge is -2.27. The Bertz CT molecular complexity index is 333. The monoisotopic (exact) mass is 239 g/mol. The normalized spacial score (nSPS) is 17.3. The van der Waals surface area contributed by atoms with E-state index in [1.165, 1.54) is 11.3 Å². The summed E-state index contributed by atoms with van der Waals surface area (Å²) < 4.78 is 0. The molecule has 0 saturated carbocycles. The van der Waals surface area contributed by atoms with Gasteiger partial charge in [0.1, 0.15) is 5.69 Å². The lowest BCUT2D eigenvalue weighted by molar-refractivity contribution is 0.0758. The topological polar surface area (TPSA) is 45.2 Å². The van der Waals surface area contributed by atoms with Gasteiger partial charge in [0.25, 0.3) is 5.91 Å². The van der Waals surface area contributed by atoms with E-state index in [1.54, 1.807) is 15.8 Å². The molecular weight excluding hydrogens is 222 g/mol. The number of aromatic nitrogens is 1. The van der Waals surface area contributed by atoms with Crippen LogP contribution < -0.4 is 5.32 Å². The molecule has 88 valence electrons. The molecule has 4 nitrogen and oxygen atoms in total. The van der Waals surface area contributed by atoms with Crippen LogP contribution in [-0.2, 0) is 0 Å². The van der Waals surface area contributed by atoms with E-state index in [0.29, 0.717) is 11.6 Å². The molecule has 0 unspecified atom stereocenters. The standard InChI is InChI=1S/C11H17N3OS/c1-14(6-9-2-4-12-5-3-9)11(15)10-7-16-8-13-10/h7-9,12H,2-6H2,1H3. The van der Waals surface area contributed by atoms with E-state index in [0.717, 1.165) is 32.5 Å². The zero-order valence-corrected chi connectivity index (χ0v) is 10.3. The lowest BCUT2D eigenvalue weighted by Crippen LogP contribution is -2.37. The van der Waals surface area contributed by atoms with E-state index in [-0.39, 0.29) is 5.91 Å². The molecule has 2 rings (SSSR count). The van der Waals surface area contributed by atoms with Crippen molar-refractivity contribution in [1.29, 1.82) is 0 Å². The minimum Gasteiger partial charge on any atom is -0.340 e. The summed E-state index contributed by atoms with van der Waals surface area (Å²) in [7, 11) is 1.86. The zero-order chi connectivity index (χ0) is 11.4. The summed E-state index contributed by atoms with van der Waals surface area (Å²) in [6, 6.07) is 0. The molecular formula is C11H17N3OS. The molecule has 1 amide bonds. The second-order valence-corrected chi connectivity index (χ2v) is 4.97. The molecule has 1 aliphatic heterocycles. The Kier molecular flexibility index (Phi) is 3.90. The minimum atomic E-state index is 0.0415. The molecule has 1 aromatic heterocycles. The van der Waals surface area contributed by atoms with Crippen LogP contribution in [-0.4, -0.2) is 42.5 Å². The number of nitrogens with zero attached hydrogens (tertiary/aromatic N) is 2. The maximum absolute atomic E-state index is 11.9. The smallest absolute Gasteiger partial charge is 0.273 e. The highest BCUT2D eigenvalue weighted by Crippen LogP contribution is 2.14. The van der Waals surface area contributed by atoms with Crippen molar-refractivity contribution >= 4 is 17.2 Å². The molecule has 1 aliphatic rings. The number of rotatable bonds is 3. The molecule has 1 fully saturated rings. The van der Waals surface area contributed by atoms with Crippen LogP contribution in [0.3, 0.4) is 0 Å². The first-order chi connectivity index (χ1) is 7.77. The summed E-state index contributed by atoms with van der Waals surface area (Å²) in [5, 5.41) is 5.14. The number of amides is 1. The van der Waals surface area contributed by atoms with Gasteiger partial charge in [-0.25, -0.2) is 4.98 Å². The Morgan fingerprint density at radius 2 is 2.38 bits per heavy atom. The second-order valence-electron chi connectivity index (χ2n) is 4.25. The highest BCUT2D eigenvalue weighted by atomic mass is 32.1. The number of nitrogens with one attached hydrogen (secondary N) is 1. The molecule has 1 aromatic rings. The summed E-state index contributed by atoms with van der Waals surface area (Å²) in [6.45, 7) is 2.99. The number of carbonyl (C=O) groups excluding carboxylic acids is 1. The van der Waals surface area contributed by atoms with Crippen LogP contribution in [0.25, 0.3) is 0 Å². The van der Waals surface area contributed by atoms with Crippen LogP contribution in [0.15, 0.2) is 10.9 Å². The average Bonchev–Trinajstić information content (AvgIpc) is 2.83. The quantitative estimate of drug-likeness (QED) is 0.862. The lowest BCUT2D eigenvalue weighted by atomic mass is 9.98. The van der Waals surface area contributed by atoms with Crippen LogP contribution in [0.5, 0.6) is 0 Å². The van der Waals surface area contributed by atoms with Gasteiger partial charge in [-0.3, -0.25) is 4.79 Å². The van der Waals surface area contributed by atoms with Crippen LogP contribution in [0.2, 0.25) is 0 Å². The first kappa shape index (κ1) is 11.5. The first-order valence-electron chi connectivity index (χ1n) is 5.61. The van der Waals surface area contributed by atoms with Crippen molar-refractivity contribution in [3.05, 3.63) is 16.6 Å². The predicted octanol–water partition coefficient (Wildman–Crippen LogP) is 1.21. The Morgan fingerprint density at radius 1 is 1.62 bits per heavy atom. The maximum Gasteiger partial charge on any atom is 0.273 e. The Labute approximate surface area is 99.7 Å². The fourth-order valence-electron chi connectivity index (χ4n) is 2.05. The van der Waals surface area contributed by atoms with Gasteiger partial charge in [0, 0.05) is 19.0 Å². The predicted molar refractivity (Wildman–Crippen MR) is 64.7 cm³/mol. The van der Waals surface area contributed by atoms with Gasteiger partial charge in [-0.1, -0.05) is 0 Å². The number of hydrogen-bond donors (Lipinski definition) is 1. The summed E-state index contributed by atoms with van der Waals surface area (Å²) in [6.07, 6.45) is 2.32. The van der Waals surface area contributed by atoms with Crippen molar-refractivity contribution in [2.75, 3.05) is 26.7 Å². The highest BCUT2D eigenvalue weighted by molar-refractivity contribution is 7.07. The summed E-state index contributed by atoms with van der Waals surface area (Å²) >= 11 is 1.46. The van der Waals surface area contributed by atoms with Gasteiger partial charge in [0.2, 0.25) is 0 Å². The largest absolute Gasteiger partial charge is 0.340 e. The van der Waals surface area contributed by atoms with Gasteiger partial charge < -0.3 is 10.2 Å². The van der Waals surface area contributed by atoms with Crippen molar-refractivity contribution in [2.24, 2.45) is 5.92 Å². The SMILES string of the molecule is CN(CC1CCNCC1)C(=O)c1cscn1. The zero-order valence-electron chi connectivity index (χ0n) is 9.48. The number of carbonyl (C=O) groups is 1. The van der Waals surface area contributed by atoms with Crippen LogP contribution in [0, 0.1) is 5.92 Å². The van der Waals surface area contributed by atoms with E-state index < -0.39 is 0 Å². The van der Waals surface area contributed by atoms with E-state index >= 15 is 0 Å². The third kappa shape index (κ3) is 2.80. The minimum absolute atomic E-state index is 0.0415. The summed E-state index contributed by atoms with van der Waals surface area (Å²) in [5.41, 5.74) is 2.27.